The van der Waals surface area contributed by atoms with E-state index >= 15 is 0 Å². The predicted octanol–water partition coefficient (Wildman–Crippen LogP) is 3.42. The highest BCUT2D eigenvalue weighted by atomic mass is 19.4. The van der Waals surface area contributed by atoms with E-state index in [1.807, 2.05) is 0 Å². The summed E-state index contributed by atoms with van der Waals surface area (Å²) < 4.78 is 42.3. The number of ether oxygens (including phenoxy) is 1. The molecule has 2 aromatic carbocycles. The number of hydrogen-bond acceptors (Lipinski definition) is 7. The molecule has 2 rings (SSSR count). The summed E-state index contributed by atoms with van der Waals surface area (Å²) in [5.74, 6) is -1.71. The molecular weight excluding hydrogens is 393 g/mol. The first-order valence-electron chi connectivity index (χ1n) is 7.98. The monoisotopic (exact) mass is 408 g/mol. The lowest BCUT2D eigenvalue weighted by molar-refractivity contribution is -0.137. The minimum Gasteiger partial charge on any atom is -0.464 e. The van der Waals surface area contributed by atoms with Gasteiger partial charge >= 0.3 is 18.1 Å². The van der Waals surface area contributed by atoms with E-state index in [9.17, 15) is 22.8 Å². The van der Waals surface area contributed by atoms with Gasteiger partial charge in [-0.2, -0.15) is 13.2 Å². The summed E-state index contributed by atoms with van der Waals surface area (Å²) in [6.07, 6.45) is -3.36. The number of methoxy groups -OCH3 is 1. The third kappa shape index (κ3) is 5.64. The summed E-state index contributed by atoms with van der Waals surface area (Å²) in [7, 11) is 2.43. The van der Waals surface area contributed by atoms with Gasteiger partial charge in [0.15, 0.2) is 5.71 Å². The zero-order chi connectivity index (χ0) is 21.4. The van der Waals surface area contributed by atoms with Crippen molar-refractivity contribution in [2.24, 2.45) is 10.3 Å². The molecule has 0 fully saturated rings. The van der Waals surface area contributed by atoms with E-state index in [-0.39, 0.29) is 11.3 Å². The van der Waals surface area contributed by atoms with Gasteiger partial charge in [0.2, 0.25) is 0 Å². The summed E-state index contributed by atoms with van der Waals surface area (Å²) in [6.45, 7) is 0. The topological polar surface area (TPSA) is 86.6 Å². The molecule has 0 saturated heterocycles. The number of nitrogens with zero attached hydrogens (tertiary/aromatic N) is 2. The zero-order valence-electron chi connectivity index (χ0n) is 15.3. The van der Waals surface area contributed by atoms with Gasteiger partial charge in [0.25, 0.3) is 0 Å². The third-order valence-corrected chi connectivity index (χ3v) is 3.55. The fourth-order valence-electron chi connectivity index (χ4n) is 2.19. The van der Waals surface area contributed by atoms with Crippen molar-refractivity contribution in [3.63, 3.8) is 0 Å². The lowest BCUT2D eigenvalue weighted by Gasteiger charge is -2.07. The molecule has 7 nitrogen and oxygen atoms in total. The van der Waals surface area contributed by atoms with Crippen LogP contribution in [-0.4, -0.2) is 38.1 Å². The number of halogens is 3. The molecular formula is C19H15F3N2O5. The molecule has 0 saturated carbocycles. The Morgan fingerprint density at radius 1 is 1.00 bits per heavy atom. The van der Waals surface area contributed by atoms with Crippen LogP contribution < -0.4 is 0 Å². The van der Waals surface area contributed by atoms with Crippen LogP contribution in [0.1, 0.15) is 27.0 Å². The van der Waals surface area contributed by atoms with Crippen LogP contribution in [-0.2, 0) is 25.4 Å². The Morgan fingerprint density at radius 2 is 1.66 bits per heavy atom. The highest BCUT2D eigenvalue weighted by Gasteiger charge is 2.30. The minimum atomic E-state index is -4.51. The molecule has 0 atom stereocenters. The Bertz CT molecular complexity index is 938. The average Bonchev–Trinajstić information content (AvgIpc) is 2.71. The molecule has 0 aromatic heterocycles. The number of esters is 1. The van der Waals surface area contributed by atoms with E-state index < -0.39 is 23.7 Å². The number of rotatable bonds is 6. The molecule has 2 aromatic rings. The van der Waals surface area contributed by atoms with Crippen molar-refractivity contribution >= 4 is 23.9 Å². The van der Waals surface area contributed by atoms with Crippen molar-refractivity contribution in [1.29, 1.82) is 0 Å². The van der Waals surface area contributed by atoms with Gasteiger partial charge in [0.1, 0.15) is 7.11 Å². The smallest absolute Gasteiger partial charge is 0.416 e. The van der Waals surface area contributed by atoms with Crippen LogP contribution in [0.4, 0.5) is 13.2 Å². The van der Waals surface area contributed by atoms with Crippen LogP contribution in [0.5, 0.6) is 0 Å². The number of benzene rings is 2. The van der Waals surface area contributed by atoms with Crippen LogP contribution in [0.25, 0.3) is 0 Å². The van der Waals surface area contributed by atoms with Gasteiger partial charge in [0, 0.05) is 11.1 Å². The Kier molecular flexibility index (Phi) is 7.07. The molecule has 0 aliphatic heterocycles. The highest BCUT2D eigenvalue weighted by Crippen LogP contribution is 2.29. The van der Waals surface area contributed by atoms with Crippen molar-refractivity contribution in [2.45, 2.75) is 6.18 Å². The van der Waals surface area contributed by atoms with Crippen molar-refractivity contribution in [1.82, 2.24) is 0 Å². The van der Waals surface area contributed by atoms with Gasteiger partial charge in [-0.25, -0.2) is 9.59 Å². The van der Waals surface area contributed by atoms with Crippen LogP contribution in [0.15, 0.2) is 58.8 Å². The first-order valence-corrected chi connectivity index (χ1v) is 7.98. The second-order valence-corrected chi connectivity index (χ2v) is 5.39. The molecule has 0 unspecified atom stereocenters. The minimum absolute atomic E-state index is 0.111. The molecule has 0 aliphatic carbocycles. The molecule has 0 bridgehead atoms. The highest BCUT2D eigenvalue weighted by molar-refractivity contribution is 6.44. The summed E-state index contributed by atoms with van der Waals surface area (Å²) in [5.41, 5.74) is -0.477. The number of carbonyl (C=O) groups is 2. The molecule has 29 heavy (non-hydrogen) atoms. The SMILES string of the molecule is CON=C(C(=O)OC)c1ccccc1C=NOC(=O)c1ccc(C(F)(F)F)cc1. The Labute approximate surface area is 163 Å². The second kappa shape index (κ2) is 9.49. The first kappa shape index (κ1) is 21.6. The fourth-order valence-corrected chi connectivity index (χ4v) is 2.19. The van der Waals surface area contributed by atoms with Crippen LogP contribution in [0.3, 0.4) is 0 Å². The maximum absolute atomic E-state index is 12.6. The molecule has 0 radical (unpaired) electrons. The lowest BCUT2D eigenvalue weighted by atomic mass is 10.0. The van der Waals surface area contributed by atoms with E-state index in [0.29, 0.717) is 11.1 Å². The fraction of sp³-hybridized carbons (Fsp3) is 0.158. The average molecular weight is 408 g/mol. The van der Waals surface area contributed by atoms with Gasteiger partial charge in [-0.3, -0.25) is 0 Å². The van der Waals surface area contributed by atoms with E-state index in [1.54, 1.807) is 24.3 Å². The summed E-state index contributed by atoms with van der Waals surface area (Å²) >= 11 is 0. The number of carbonyl (C=O) groups excluding carboxylic acids is 2. The standard InChI is InChI=1S/C19H15F3N2O5/c1-27-18(26)16(24-28-2)15-6-4-3-5-13(15)11-23-29-17(25)12-7-9-14(10-8-12)19(20,21)22/h3-11H,1-2H3. The van der Waals surface area contributed by atoms with Crippen LogP contribution in [0.2, 0.25) is 0 Å². The lowest BCUT2D eigenvalue weighted by Crippen LogP contribution is -2.19. The third-order valence-electron chi connectivity index (χ3n) is 3.55. The molecule has 152 valence electrons. The maximum atomic E-state index is 12.6. The van der Waals surface area contributed by atoms with Crippen molar-refractivity contribution in [2.75, 3.05) is 14.2 Å². The number of oxime groups is 2. The molecule has 0 heterocycles. The van der Waals surface area contributed by atoms with Gasteiger partial charge in [-0.05, 0) is 24.3 Å². The first-order chi connectivity index (χ1) is 13.8. The van der Waals surface area contributed by atoms with Crippen molar-refractivity contribution in [3.8, 4) is 0 Å². The number of alkyl halides is 3. The largest absolute Gasteiger partial charge is 0.464 e. The normalized spacial score (nSPS) is 12.0. The summed E-state index contributed by atoms with van der Waals surface area (Å²) in [4.78, 5) is 33.2. The number of hydrogen-bond donors (Lipinski definition) is 0. The van der Waals surface area contributed by atoms with Gasteiger partial charge in [-0.1, -0.05) is 34.6 Å². The molecule has 0 spiro atoms. The van der Waals surface area contributed by atoms with Gasteiger partial charge in [0.05, 0.1) is 24.5 Å². The van der Waals surface area contributed by atoms with Crippen LogP contribution in [0, 0.1) is 0 Å². The van der Waals surface area contributed by atoms with E-state index in [1.165, 1.54) is 14.2 Å². The second-order valence-electron chi connectivity index (χ2n) is 5.39. The van der Waals surface area contributed by atoms with E-state index in [2.05, 4.69) is 19.9 Å². The quantitative estimate of drug-likeness (QED) is 0.316. The Morgan fingerprint density at radius 3 is 2.24 bits per heavy atom. The molecule has 0 N–H and O–H groups in total. The van der Waals surface area contributed by atoms with Gasteiger partial charge < -0.3 is 14.4 Å². The van der Waals surface area contributed by atoms with Crippen molar-refractivity contribution in [3.05, 3.63) is 70.8 Å². The predicted molar refractivity (Wildman–Crippen MR) is 96.5 cm³/mol. The van der Waals surface area contributed by atoms with Gasteiger partial charge in [-0.15, -0.1) is 0 Å². The van der Waals surface area contributed by atoms with Crippen LogP contribution >= 0.6 is 0 Å². The summed E-state index contributed by atoms with van der Waals surface area (Å²) in [6, 6.07) is 9.88. The molecule has 0 amide bonds. The van der Waals surface area contributed by atoms with E-state index in [0.717, 1.165) is 30.5 Å². The molecule has 0 aliphatic rings. The Hall–Kier alpha value is -3.69. The summed E-state index contributed by atoms with van der Waals surface area (Å²) in [5, 5.41) is 7.16. The Balaban J connectivity index is 2.18. The zero-order valence-corrected chi connectivity index (χ0v) is 15.3. The molecule has 10 heteroatoms. The maximum Gasteiger partial charge on any atom is 0.416 e. The van der Waals surface area contributed by atoms with E-state index in [4.69, 9.17) is 4.84 Å². The van der Waals surface area contributed by atoms with Crippen molar-refractivity contribution < 1.29 is 37.2 Å².